The van der Waals surface area contributed by atoms with E-state index in [4.69, 9.17) is 42.5 Å². The van der Waals surface area contributed by atoms with Crippen LogP contribution in [0.15, 0.2) is 30.3 Å². The number of aryl methyl sites for hydroxylation is 1. The summed E-state index contributed by atoms with van der Waals surface area (Å²) in [7, 11) is 1.55. The number of methoxy groups -OCH3 is 1. The fourth-order valence-electron chi connectivity index (χ4n) is 3.09. The van der Waals surface area contributed by atoms with E-state index in [1.54, 1.807) is 19.2 Å². The molecule has 0 saturated carbocycles. The van der Waals surface area contributed by atoms with Gasteiger partial charge in [0.05, 0.1) is 6.61 Å². The van der Waals surface area contributed by atoms with E-state index >= 15 is 0 Å². The molecule has 1 heterocycles. The zero-order valence-corrected chi connectivity index (χ0v) is 20.7. The molecule has 7 nitrogen and oxygen atoms in total. The van der Waals surface area contributed by atoms with Crippen molar-refractivity contribution in [3.63, 3.8) is 0 Å². The molecular weight excluding hydrogens is 489 g/mol. The van der Waals surface area contributed by atoms with E-state index in [1.807, 2.05) is 25.1 Å². The maximum absolute atomic E-state index is 12.8. The number of ether oxygens (including phenoxy) is 2. The van der Waals surface area contributed by atoms with Crippen molar-refractivity contribution >= 4 is 56.5 Å². The first-order valence-corrected chi connectivity index (χ1v) is 11.7. The van der Waals surface area contributed by atoms with Gasteiger partial charge in [0.2, 0.25) is 5.75 Å². The van der Waals surface area contributed by atoms with Gasteiger partial charge in [-0.2, -0.15) is 0 Å². The van der Waals surface area contributed by atoms with E-state index in [-0.39, 0.29) is 23.1 Å². The third-order valence-corrected chi connectivity index (χ3v) is 6.34. The molecule has 0 spiro atoms. The normalized spacial score (nSPS) is 10.8. The smallest absolute Gasteiger partial charge is 0.352 e. The van der Waals surface area contributed by atoms with E-state index < -0.39 is 5.97 Å². The quantitative estimate of drug-likeness (QED) is 0.217. The Morgan fingerprint density at radius 2 is 1.91 bits per heavy atom. The van der Waals surface area contributed by atoms with Crippen molar-refractivity contribution in [2.75, 3.05) is 20.3 Å². The number of hydrogen-bond acceptors (Lipinski definition) is 7. The van der Waals surface area contributed by atoms with Crippen molar-refractivity contribution in [2.24, 2.45) is 0 Å². The highest BCUT2D eigenvalue weighted by Crippen LogP contribution is 2.42. The van der Waals surface area contributed by atoms with Crippen LogP contribution in [0.3, 0.4) is 0 Å². The Hall–Kier alpha value is -2.52. The van der Waals surface area contributed by atoms with Gasteiger partial charge in [-0.25, -0.2) is 4.79 Å². The maximum Gasteiger partial charge on any atom is 0.352 e. The fraction of sp³-hybridized carbons (Fsp3) is 0.304. The molecule has 2 aromatic carbocycles. The minimum atomic E-state index is -0.627. The Morgan fingerprint density at radius 1 is 1.12 bits per heavy atom. The summed E-state index contributed by atoms with van der Waals surface area (Å²) in [5.74, 6) is -0.174. The Kier molecular flexibility index (Phi) is 8.80. The van der Waals surface area contributed by atoms with Gasteiger partial charge in [0.1, 0.15) is 17.2 Å². The minimum absolute atomic E-state index is 0.198. The topological polar surface area (TPSA) is 83.1 Å². The molecule has 0 radical (unpaired) electrons. The van der Waals surface area contributed by atoms with E-state index in [0.29, 0.717) is 40.8 Å². The molecule has 1 N–H and O–H groups in total. The summed E-state index contributed by atoms with van der Waals surface area (Å²) >= 11 is 13.4. The zero-order chi connectivity index (χ0) is 24.0. The number of nitrogens with one attached hydrogen (secondary N) is 1. The van der Waals surface area contributed by atoms with Crippen LogP contribution < -0.4 is 14.9 Å². The lowest BCUT2D eigenvalue weighted by Gasteiger charge is -2.11. The number of amides is 1. The SMILES string of the molecule is CCc1cc(OCc2ccc(Cl)cc2Cl)cc2sc(C(=O)NCCOC)c(OOC(C)=O)c12. The number of hydrogen-bond donors (Lipinski definition) is 1. The lowest BCUT2D eigenvalue weighted by atomic mass is 10.1. The van der Waals surface area contributed by atoms with Crippen molar-refractivity contribution in [3.05, 3.63) is 56.4 Å². The molecule has 0 aliphatic heterocycles. The van der Waals surface area contributed by atoms with Gasteiger partial charge in [-0.15, -0.1) is 11.3 Å². The van der Waals surface area contributed by atoms with Crippen LogP contribution in [-0.4, -0.2) is 32.1 Å². The van der Waals surface area contributed by atoms with Gasteiger partial charge >= 0.3 is 5.97 Å². The van der Waals surface area contributed by atoms with Gasteiger partial charge < -0.3 is 14.8 Å². The van der Waals surface area contributed by atoms with Crippen LogP contribution in [0, 0.1) is 0 Å². The van der Waals surface area contributed by atoms with Crippen molar-refractivity contribution in [3.8, 4) is 11.5 Å². The molecule has 0 bridgehead atoms. The predicted octanol–water partition coefficient (Wildman–Crippen LogP) is 5.58. The first-order chi connectivity index (χ1) is 15.8. The van der Waals surface area contributed by atoms with Crippen LogP contribution in [0.1, 0.15) is 34.6 Å². The summed E-state index contributed by atoms with van der Waals surface area (Å²) in [5, 5.41) is 4.53. The average Bonchev–Trinajstić information content (AvgIpc) is 3.15. The number of benzene rings is 2. The van der Waals surface area contributed by atoms with Gasteiger partial charge in [-0.3, -0.25) is 14.6 Å². The molecule has 33 heavy (non-hydrogen) atoms. The van der Waals surface area contributed by atoms with Crippen LogP contribution in [0.2, 0.25) is 10.0 Å². The summed E-state index contributed by atoms with van der Waals surface area (Å²) in [6.45, 7) is 4.13. The molecule has 3 aromatic rings. The number of fused-ring (bicyclic) bond motifs is 1. The molecule has 1 amide bonds. The minimum Gasteiger partial charge on any atom is -0.489 e. The van der Waals surface area contributed by atoms with Crippen LogP contribution in [0.25, 0.3) is 10.1 Å². The Balaban J connectivity index is 1.96. The van der Waals surface area contributed by atoms with Gasteiger partial charge in [0.15, 0.2) is 0 Å². The highest BCUT2D eigenvalue weighted by Gasteiger charge is 2.24. The lowest BCUT2D eigenvalue weighted by Crippen LogP contribution is -2.26. The largest absolute Gasteiger partial charge is 0.489 e. The van der Waals surface area contributed by atoms with E-state index in [1.165, 1.54) is 18.3 Å². The molecular formula is C23H23Cl2NO6S. The number of thiophene rings is 1. The Bertz CT molecular complexity index is 1160. The first kappa shape index (κ1) is 25.1. The second-order valence-corrected chi connectivity index (χ2v) is 8.90. The first-order valence-electron chi connectivity index (χ1n) is 10.1. The molecule has 0 atom stereocenters. The Morgan fingerprint density at radius 3 is 2.58 bits per heavy atom. The zero-order valence-electron chi connectivity index (χ0n) is 18.3. The monoisotopic (exact) mass is 511 g/mol. The van der Waals surface area contributed by atoms with Crippen molar-refractivity contribution < 1.29 is 28.8 Å². The molecule has 176 valence electrons. The lowest BCUT2D eigenvalue weighted by molar-refractivity contribution is -0.210. The highest BCUT2D eigenvalue weighted by molar-refractivity contribution is 7.21. The molecule has 0 aliphatic rings. The van der Waals surface area contributed by atoms with Gasteiger partial charge in [-0.1, -0.05) is 36.2 Å². The standard InChI is InChI=1S/C23H23Cl2NO6S/c1-4-14-9-17(30-12-15-5-6-16(24)10-18(15)25)11-19-20(14)21(32-31-13(2)27)22(33-19)23(28)26-7-8-29-3/h5-6,9-11H,4,7-8,12H2,1-3H3,(H,26,28). The van der Waals surface area contributed by atoms with Gasteiger partial charge in [-0.05, 0) is 36.2 Å². The predicted molar refractivity (Wildman–Crippen MR) is 129 cm³/mol. The summed E-state index contributed by atoms with van der Waals surface area (Å²) in [5.41, 5.74) is 1.67. The second-order valence-electron chi connectivity index (χ2n) is 7.00. The molecule has 0 aliphatic carbocycles. The summed E-state index contributed by atoms with van der Waals surface area (Å²) < 4.78 is 11.7. The maximum atomic E-state index is 12.8. The van der Waals surface area contributed by atoms with Crippen LogP contribution in [-0.2, 0) is 27.4 Å². The molecule has 10 heteroatoms. The molecule has 0 saturated heterocycles. The average molecular weight is 512 g/mol. The van der Waals surface area contributed by atoms with Crippen LogP contribution >= 0.6 is 34.5 Å². The van der Waals surface area contributed by atoms with Gasteiger partial charge in [0, 0.05) is 46.3 Å². The van der Waals surface area contributed by atoms with Gasteiger partial charge in [0.25, 0.3) is 5.91 Å². The second kappa shape index (κ2) is 11.6. The van der Waals surface area contributed by atoms with Crippen molar-refractivity contribution in [1.82, 2.24) is 5.32 Å². The molecule has 1 aromatic heterocycles. The molecule has 0 unspecified atom stereocenters. The highest BCUT2D eigenvalue weighted by atomic mass is 35.5. The summed E-state index contributed by atoms with van der Waals surface area (Å²) in [4.78, 5) is 34.5. The van der Waals surface area contributed by atoms with Crippen LogP contribution in [0.4, 0.5) is 0 Å². The number of carbonyl (C=O) groups excluding carboxylic acids is 2. The number of carbonyl (C=O) groups is 2. The van der Waals surface area contributed by atoms with Crippen molar-refractivity contribution in [2.45, 2.75) is 26.9 Å². The van der Waals surface area contributed by atoms with E-state index in [2.05, 4.69) is 5.32 Å². The molecule has 0 fully saturated rings. The van der Waals surface area contributed by atoms with Crippen molar-refractivity contribution in [1.29, 1.82) is 0 Å². The van der Waals surface area contributed by atoms with E-state index in [0.717, 1.165) is 15.8 Å². The number of halogens is 2. The van der Waals surface area contributed by atoms with Crippen LogP contribution in [0.5, 0.6) is 11.5 Å². The third-order valence-electron chi connectivity index (χ3n) is 4.63. The number of rotatable bonds is 10. The summed E-state index contributed by atoms with van der Waals surface area (Å²) in [6, 6.07) is 8.90. The Labute approximate surface area is 205 Å². The van der Waals surface area contributed by atoms with E-state index in [9.17, 15) is 9.59 Å². The summed E-state index contributed by atoms with van der Waals surface area (Å²) in [6.07, 6.45) is 0.632. The molecule has 3 rings (SSSR count). The fourth-order valence-corrected chi connectivity index (χ4v) is 4.67. The third kappa shape index (κ3) is 6.29.